The van der Waals surface area contributed by atoms with Gasteiger partial charge in [0.2, 0.25) is 17.7 Å². The molecule has 2 aliphatic heterocycles. The van der Waals surface area contributed by atoms with Gasteiger partial charge < -0.3 is 30.2 Å². The van der Waals surface area contributed by atoms with E-state index >= 15 is 0 Å². The average Bonchev–Trinajstić information content (AvgIpc) is 3.83. The summed E-state index contributed by atoms with van der Waals surface area (Å²) in [5.41, 5.74) is 1.96. The molecule has 1 aliphatic carbocycles. The van der Waals surface area contributed by atoms with Crippen molar-refractivity contribution in [3.8, 4) is 5.75 Å². The smallest absolute Gasteiger partial charge is 0.243 e. The summed E-state index contributed by atoms with van der Waals surface area (Å²) in [6.07, 6.45) is 6.33. The number of hydrogen-bond donors (Lipinski definition) is 3. The number of ether oxygens (including phenoxy) is 3. The van der Waals surface area contributed by atoms with E-state index in [1.54, 1.807) is 26.2 Å². The number of rotatable bonds is 14. The van der Waals surface area contributed by atoms with Crippen molar-refractivity contribution in [2.75, 3.05) is 46.6 Å². The molecule has 11 heteroatoms. The molecule has 2 saturated heterocycles. The number of morpholine rings is 1. The third kappa shape index (κ3) is 9.65. The number of carbonyl (C=O) groups excluding carboxylic acids is 4. The van der Waals surface area contributed by atoms with Crippen LogP contribution in [0.4, 0.5) is 0 Å². The number of carbonyl (C=O) groups is 4. The highest BCUT2D eigenvalue weighted by atomic mass is 16.6. The van der Waals surface area contributed by atoms with Crippen LogP contribution in [0.3, 0.4) is 0 Å². The Bertz CT molecular complexity index is 1100. The van der Waals surface area contributed by atoms with Gasteiger partial charge in [0, 0.05) is 19.5 Å². The van der Waals surface area contributed by atoms with Crippen LogP contribution in [0.2, 0.25) is 0 Å². The van der Waals surface area contributed by atoms with E-state index in [2.05, 4.69) is 22.0 Å². The third-order valence-electron chi connectivity index (χ3n) is 7.64. The number of benzene rings is 1. The molecule has 3 N–H and O–H groups in total. The summed E-state index contributed by atoms with van der Waals surface area (Å²) in [6, 6.07) is 4.66. The van der Waals surface area contributed by atoms with Gasteiger partial charge in [-0.25, -0.2) is 0 Å². The maximum absolute atomic E-state index is 13.6. The quantitative estimate of drug-likeness (QED) is 0.222. The molecule has 0 bridgehead atoms. The lowest BCUT2D eigenvalue weighted by Crippen LogP contribution is -2.56. The topological polar surface area (TPSA) is 139 Å². The molecule has 0 aromatic heterocycles. The van der Waals surface area contributed by atoms with Crippen molar-refractivity contribution in [1.82, 2.24) is 20.9 Å². The zero-order chi connectivity index (χ0) is 29.2. The van der Waals surface area contributed by atoms with Crippen LogP contribution in [0, 0.1) is 0 Å². The van der Waals surface area contributed by atoms with E-state index in [1.807, 2.05) is 17.0 Å². The SMILES string of the molecule is COc1ccc(C[C@H](NC(=O)[C@H](C)NC(=O)CN2CCOCC2)C(=O)N[C@@H](CC2=CCCCC2)C(=O)[C@H]2CO2)cc1. The van der Waals surface area contributed by atoms with E-state index in [0.29, 0.717) is 45.1 Å². The van der Waals surface area contributed by atoms with Crippen molar-refractivity contribution in [2.24, 2.45) is 0 Å². The molecule has 224 valence electrons. The van der Waals surface area contributed by atoms with Gasteiger partial charge in [-0.05, 0) is 56.7 Å². The first-order valence-corrected chi connectivity index (χ1v) is 14.5. The number of nitrogens with zero attached hydrogens (tertiary/aromatic N) is 1. The lowest BCUT2D eigenvalue weighted by Gasteiger charge is -2.27. The van der Waals surface area contributed by atoms with Crippen LogP contribution in [-0.2, 0) is 35.1 Å². The zero-order valence-electron chi connectivity index (χ0n) is 24.0. The first kappa shape index (κ1) is 30.7. The fraction of sp³-hybridized carbons (Fsp3) is 0.600. The van der Waals surface area contributed by atoms with Crippen molar-refractivity contribution in [3.05, 3.63) is 41.5 Å². The highest BCUT2D eigenvalue weighted by Crippen LogP contribution is 2.24. The first-order chi connectivity index (χ1) is 19.8. The summed E-state index contributed by atoms with van der Waals surface area (Å²) >= 11 is 0. The largest absolute Gasteiger partial charge is 0.497 e. The lowest BCUT2D eigenvalue weighted by molar-refractivity contribution is -0.133. The average molecular weight is 571 g/mol. The van der Waals surface area contributed by atoms with Gasteiger partial charge in [0.15, 0.2) is 5.78 Å². The Labute approximate surface area is 241 Å². The molecule has 4 rings (SSSR count). The summed E-state index contributed by atoms with van der Waals surface area (Å²) in [5, 5.41) is 8.45. The predicted octanol–water partition coefficient (Wildman–Crippen LogP) is 0.903. The maximum atomic E-state index is 13.6. The summed E-state index contributed by atoms with van der Waals surface area (Å²) in [7, 11) is 1.57. The number of hydrogen-bond acceptors (Lipinski definition) is 8. The van der Waals surface area contributed by atoms with Crippen LogP contribution >= 0.6 is 0 Å². The Morgan fingerprint density at radius 1 is 0.976 bits per heavy atom. The van der Waals surface area contributed by atoms with Gasteiger partial charge in [-0.3, -0.25) is 24.1 Å². The fourth-order valence-electron chi connectivity index (χ4n) is 5.10. The van der Waals surface area contributed by atoms with E-state index in [1.165, 1.54) is 0 Å². The van der Waals surface area contributed by atoms with E-state index in [-0.39, 0.29) is 24.7 Å². The van der Waals surface area contributed by atoms with Crippen LogP contribution < -0.4 is 20.7 Å². The molecule has 3 amide bonds. The normalized spacial score (nSPS) is 21.0. The Hall–Kier alpha value is -3.28. The van der Waals surface area contributed by atoms with Crippen molar-refractivity contribution >= 4 is 23.5 Å². The number of methoxy groups -OCH3 is 1. The second-order valence-electron chi connectivity index (χ2n) is 10.9. The molecule has 0 radical (unpaired) electrons. The van der Waals surface area contributed by atoms with Gasteiger partial charge in [-0.15, -0.1) is 0 Å². The number of nitrogens with one attached hydrogen (secondary N) is 3. The first-order valence-electron chi connectivity index (χ1n) is 14.5. The van der Waals surface area contributed by atoms with Crippen LogP contribution in [0.15, 0.2) is 35.9 Å². The second-order valence-corrected chi connectivity index (χ2v) is 10.9. The van der Waals surface area contributed by atoms with Gasteiger partial charge in [0.05, 0.1) is 39.5 Å². The Morgan fingerprint density at radius 2 is 1.68 bits per heavy atom. The Morgan fingerprint density at radius 3 is 2.32 bits per heavy atom. The number of ketones is 1. The summed E-state index contributed by atoms with van der Waals surface area (Å²) in [5.74, 6) is -0.704. The minimum Gasteiger partial charge on any atom is -0.497 e. The van der Waals surface area contributed by atoms with Gasteiger partial charge in [0.1, 0.15) is 23.9 Å². The van der Waals surface area contributed by atoms with Gasteiger partial charge in [-0.2, -0.15) is 0 Å². The molecule has 41 heavy (non-hydrogen) atoms. The van der Waals surface area contributed by atoms with E-state index < -0.39 is 36.0 Å². The number of allylic oxidation sites excluding steroid dienone is 1. The molecule has 4 atom stereocenters. The predicted molar refractivity (Wildman–Crippen MR) is 151 cm³/mol. The van der Waals surface area contributed by atoms with Crippen LogP contribution in [0.5, 0.6) is 5.75 Å². The summed E-state index contributed by atoms with van der Waals surface area (Å²) < 4.78 is 15.8. The molecular weight excluding hydrogens is 528 g/mol. The van der Waals surface area contributed by atoms with E-state index in [4.69, 9.17) is 14.2 Å². The second kappa shape index (κ2) is 15.1. The van der Waals surface area contributed by atoms with Crippen LogP contribution in [0.1, 0.15) is 44.6 Å². The minimum atomic E-state index is -0.967. The number of Topliss-reactive ketones (excluding diaryl/α,β-unsaturated/α-hetero) is 1. The highest BCUT2D eigenvalue weighted by molar-refractivity contribution is 5.96. The molecule has 0 spiro atoms. The van der Waals surface area contributed by atoms with Crippen molar-refractivity contribution < 1.29 is 33.4 Å². The van der Waals surface area contributed by atoms with E-state index in [9.17, 15) is 19.2 Å². The molecule has 2 fully saturated rings. The molecule has 0 unspecified atom stereocenters. The highest BCUT2D eigenvalue weighted by Gasteiger charge is 2.38. The molecule has 1 aromatic rings. The summed E-state index contributed by atoms with van der Waals surface area (Å²) in [6.45, 7) is 4.55. The molecule has 11 nitrogen and oxygen atoms in total. The van der Waals surface area contributed by atoms with Crippen LogP contribution in [-0.4, -0.2) is 99.2 Å². The number of epoxide rings is 1. The van der Waals surface area contributed by atoms with Gasteiger partial charge in [0.25, 0.3) is 0 Å². The van der Waals surface area contributed by atoms with Crippen molar-refractivity contribution in [1.29, 1.82) is 0 Å². The summed E-state index contributed by atoms with van der Waals surface area (Å²) in [4.78, 5) is 54.4. The maximum Gasteiger partial charge on any atom is 0.243 e. The molecule has 0 saturated carbocycles. The molecular formula is C30H42N4O7. The fourth-order valence-corrected chi connectivity index (χ4v) is 5.10. The molecule has 3 aliphatic rings. The number of amides is 3. The van der Waals surface area contributed by atoms with E-state index in [0.717, 1.165) is 36.8 Å². The lowest BCUT2D eigenvalue weighted by atomic mass is 9.92. The van der Waals surface area contributed by atoms with Gasteiger partial charge in [-0.1, -0.05) is 23.8 Å². The Balaban J connectivity index is 1.43. The standard InChI is InChI=1S/C30H42N4O7/c1-20(31-27(35)18-34-12-14-40-15-13-34)29(37)33-25(17-22-8-10-23(39-2)11-9-22)30(38)32-24(28(36)26-19-41-26)16-21-6-4-3-5-7-21/h6,8-11,20,24-26H,3-5,7,12-19H2,1-2H3,(H,31,35)(H,32,38)(H,33,37)/t20-,24-,25-,26+/m0/s1. The zero-order valence-corrected chi connectivity index (χ0v) is 24.0. The monoisotopic (exact) mass is 570 g/mol. The third-order valence-corrected chi connectivity index (χ3v) is 7.64. The van der Waals surface area contributed by atoms with Crippen molar-refractivity contribution in [3.63, 3.8) is 0 Å². The van der Waals surface area contributed by atoms with Crippen molar-refractivity contribution in [2.45, 2.75) is 69.7 Å². The Kier molecular flexibility index (Phi) is 11.3. The minimum absolute atomic E-state index is 0.150. The van der Waals surface area contributed by atoms with Crippen LogP contribution in [0.25, 0.3) is 0 Å². The molecule has 2 heterocycles. The van der Waals surface area contributed by atoms with Gasteiger partial charge >= 0.3 is 0 Å². The molecule has 1 aromatic carbocycles.